The van der Waals surface area contributed by atoms with Gasteiger partial charge in [0.2, 0.25) is 0 Å². The Kier molecular flexibility index (Phi) is 5.55. The first-order chi connectivity index (χ1) is 15.3. The molecule has 1 amide bonds. The molecule has 0 spiro atoms. The van der Waals surface area contributed by atoms with Crippen molar-refractivity contribution >= 4 is 28.7 Å². The van der Waals surface area contributed by atoms with Crippen molar-refractivity contribution in [3.8, 4) is 0 Å². The van der Waals surface area contributed by atoms with E-state index in [4.69, 9.17) is 0 Å². The molecule has 9 nitrogen and oxygen atoms in total. The molecule has 162 valence electrons. The van der Waals surface area contributed by atoms with E-state index in [9.17, 15) is 25.0 Å². The van der Waals surface area contributed by atoms with Crippen LogP contribution in [0.1, 0.15) is 35.3 Å². The van der Waals surface area contributed by atoms with Crippen LogP contribution in [-0.2, 0) is 0 Å². The number of rotatable bonds is 5. The Balaban J connectivity index is 1.73. The molecule has 1 aliphatic heterocycles. The molecule has 4 rings (SSSR count). The van der Waals surface area contributed by atoms with Crippen molar-refractivity contribution in [3.05, 3.63) is 104 Å². The average molecular weight is 432 g/mol. The molecule has 9 heteroatoms. The summed E-state index contributed by atoms with van der Waals surface area (Å²) in [4.78, 5) is 36.0. The number of hydrogen-bond donors (Lipinski definition) is 1. The van der Waals surface area contributed by atoms with Gasteiger partial charge in [-0.3, -0.25) is 25.0 Å². The summed E-state index contributed by atoms with van der Waals surface area (Å²) in [5.74, 6) is -0.519. The molecule has 2 atom stereocenters. The third-order valence-corrected chi connectivity index (χ3v) is 5.49. The molecule has 32 heavy (non-hydrogen) atoms. The van der Waals surface area contributed by atoms with Crippen LogP contribution >= 0.6 is 0 Å². The summed E-state index contributed by atoms with van der Waals surface area (Å²) in [6.07, 6.45) is 0.592. The van der Waals surface area contributed by atoms with Crippen molar-refractivity contribution in [2.75, 3.05) is 10.2 Å². The first-order valence-corrected chi connectivity index (χ1v) is 10.0. The van der Waals surface area contributed by atoms with Gasteiger partial charge in [0.05, 0.1) is 27.5 Å². The highest BCUT2D eigenvalue weighted by Gasteiger charge is 2.35. The van der Waals surface area contributed by atoms with Crippen molar-refractivity contribution in [2.45, 2.75) is 25.4 Å². The molecule has 0 saturated carbocycles. The predicted octanol–water partition coefficient (Wildman–Crippen LogP) is 5.10. The number of carbonyl (C=O) groups excluding carboxylic acids is 1. The Morgan fingerprint density at radius 1 is 0.938 bits per heavy atom. The summed E-state index contributed by atoms with van der Waals surface area (Å²) in [5.41, 5.74) is 1.44. The number of fused-ring (bicyclic) bond motifs is 1. The smallest absolute Gasteiger partial charge is 0.277 e. The van der Waals surface area contributed by atoms with E-state index in [0.717, 1.165) is 29.4 Å². The van der Waals surface area contributed by atoms with Gasteiger partial charge in [-0.2, -0.15) is 0 Å². The van der Waals surface area contributed by atoms with Gasteiger partial charge in [-0.05, 0) is 37.1 Å². The summed E-state index contributed by atoms with van der Waals surface area (Å²) in [6.45, 7) is 1.89. The molecule has 0 aromatic heterocycles. The van der Waals surface area contributed by atoms with Crippen LogP contribution in [0, 0.1) is 20.2 Å². The molecule has 0 bridgehead atoms. The number of nitro groups is 2. The number of nitrogens with one attached hydrogen (secondary N) is 1. The van der Waals surface area contributed by atoms with Crippen LogP contribution in [0.5, 0.6) is 0 Å². The van der Waals surface area contributed by atoms with E-state index in [1.54, 1.807) is 4.90 Å². The maximum Gasteiger partial charge on any atom is 0.277 e. The lowest BCUT2D eigenvalue weighted by atomic mass is 9.90. The van der Waals surface area contributed by atoms with Gasteiger partial charge in [0, 0.05) is 29.5 Å². The monoisotopic (exact) mass is 432 g/mol. The first-order valence-electron chi connectivity index (χ1n) is 10.0. The van der Waals surface area contributed by atoms with E-state index in [1.807, 2.05) is 61.5 Å². The molecule has 1 N–H and O–H groups in total. The van der Waals surface area contributed by atoms with Crippen LogP contribution in [0.25, 0.3) is 0 Å². The minimum Gasteiger partial charge on any atom is -0.378 e. The lowest BCUT2D eigenvalue weighted by Gasteiger charge is -2.40. The number of hydrogen-bond acceptors (Lipinski definition) is 6. The molecule has 0 radical (unpaired) electrons. The standard InChI is InChI=1S/C23H20N4O5/c1-15-11-21(24-17-7-3-2-4-8-17)20-9-5-6-10-22(20)25(15)23(28)16-12-18(26(29)30)14-19(13-16)27(31)32/h2-10,12-15,21,24H,11H2,1H3/t15-,21+/m1/s1. The Bertz CT molecular complexity index is 1170. The van der Waals surface area contributed by atoms with Crippen LogP contribution in [0.4, 0.5) is 22.7 Å². The van der Waals surface area contributed by atoms with Gasteiger partial charge in [0.25, 0.3) is 17.3 Å². The van der Waals surface area contributed by atoms with E-state index in [0.29, 0.717) is 12.1 Å². The number of para-hydroxylation sites is 2. The number of nitrogens with zero attached hydrogens (tertiary/aromatic N) is 3. The number of anilines is 2. The summed E-state index contributed by atoms with van der Waals surface area (Å²) in [6, 6.07) is 19.9. The van der Waals surface area contributed by atoms with E-state index >= 15 is 0 Å². The number of carbonyl (C=O) groups is 1. The van der Waals surface area contributed by atoms with E-state index in [1.165, 1.54) is 0 Å². The lowest BCUT2D eigenvalue weighted by Crippen LogP contribution is -2.44. The Hall–Kier alpha value is -4.27. The summed E-state index contributed by atoms with van der Waals surface area (Å²) >= 11 is 0. The summed E-state index contributed by atoms with van der Waals surface area (Å²) < 4.78 is 0. The third kappa shape index (κ3) is 4.00. The Morgan fingerprint density at radius 3 is 2.16 bits per heavy atom. The average Bonchev–Trinajstić information content (AvgIpc) is 2.79. The zero-order chi connectivity index (χ0) is 22.8. The van der Waals surface area contributed by atoms with Gasteiger partial charge in [-0.25, -0.2) is 0 Å². The quantitative estimate of drug-likeness (QED) is 0.443. The predicted molar refractivity (Wildman–Crippen MR) is 120 cm³/mol. The molecule has 1 aliphatic rings. The Labute approximate surface area is 183 Å². The molecular formula is C23H20N4O5. The zero-order valence-electron chi connectivity index (χ0n) is 17.2. The lowest BCUT2D eigenvalue weighted by molar-refractivity contribution is -0.394. The Morgan fingerprint density at radius 2 is 1.53 bits per heavy atom. The summed E-state index contributed by atoms with van der Waals surface area (Å²) in [7, 11) is 0. The highest BCUT2D eigenvalue weighted by atomic mass is 16.6. The maximum atomic E-state index is 13.4. The number of benzene rings is 3. The number of nitro benzene ring substituents is 2. The van der Waals surface area contributed by atoms with Crippen LogP contribution in [0.2, 0.25) is 0 Å². The second kappa shape index (κ2) is 8.46. The third-order valence-electron chi connectivity index (χ3n) is 5.49. The topological polar surface area (TPSA) is 119 Å². The van der Waals surface area contributed by atoms with Crippen molar-refractivity contribution < 1.29 is 14.6 Å². The minimum atomic E-state index is -0.739. The molecular weight excluding hydrogens is 412 g/mol. The minimum absolute atomic E-state index is 0.0490. The van der Waals surface area contributed by atoms with E-state index in [2.05, 4.69) is 5.32 Å². The number of amides is 1. The summed E-state index contributed by atoms with van der Waals surface area (Å²) in [5, 5.41) is 26.0. The zero-order valence-corrected chi connectivity index (χ0v) is 17.2. The van der Waals surface area contributed by atoms with Crippen molar-refractivity contribution in [2.24, 2.45) is 0 Å². The van der Waals surface area contributed by atoms with Crippen molar-refractivity contribution in [1.82, 2.24) is 0 Å². The largest absolute Gasteiger partial charge is 0.378 e. The van der Waals surface area contributed by atoms with Gasteiger partial charge in [0.15, 0.2) is 0 Å². The van der Waals surface area contributed by atoms with E-state index in [-0.39, 0.29) is 17.6 Å². The van der Waals surface area contributed by atoms with Gasteiger partial charge in [0.1, 0.15) is 0 Å². The van der Waals surface area contributed by atoms with Crippen molar-refractivity contribution in [1.29, 1.82) is 0 Å². The van der Waals surface area contributed by atoms with Crippen LogP contribution < -0.4 is 10.2 Å². The fraction of sp³-hybridized carbons (Fsp3) is 0.174. The van der Waals surface area contributed by atoms with E-state index < -0.39 is 27.1 Å². The molecule has 3 aromatic rings. The fourth-order valence-corrected chi connectivity index (χ4v) is 4.06. The molecule has 0 unspecified atom stereocenters. The van der Waals surface area contributed by atoms with Crippen LogP contribution in [-0.4, -0.2) is 21.8 Å². The maximum absolute atomic E-state index is 13.4. The molecule has 3 aromatic carbocycles. The SMILES string of the molecule is C[C@@H]1C[C@H](Nc2ccccc2)c2ccccc2N1C(=O)c1cc([N+](=O)[O-])cc([N+](=O)[O-])c1. The number of non-ortho nitro benzene ring substituents is 2. The second-order valence-electron chi connectivity index (χ2n) is 7.63. The van der Waals surface area contributed by atoms with Gasteiger partial charge in [-0.15, -0.1) is 0 Å². The van der Waals surface area contributed by atoms with Gasteiger partial charge < -0.3 is 10.2 Å². The highest BCUT2D eigenvalue weighted by Crippen LogP contribution is 2.40. The van der Waals surface area contributed by atoms with Gasteiger partial charge in [-0.1, -0.05) is 36.4 Å². The van der Waals surface area contributed by atoms with Crippen LogP contribution in [0.3, 0.4) is 0 Å². The molecule has 1 heterocycles. The second-order valence-corrected chi connectivity index (χ2v) is 7.63. The van der Waals surface area contributed by atoms with Crippen LogP contribution in [0.15, 0.2) is 72.8 Å². The fourth-order valence-electron chi connectivity index (χ4n) is 4.06. The normalized spacial score (nSPS) is 17.3. The molecule has 0 aliphatic carbocycles. The molecule has 0 saturated heterocycles. The van der Waals surface area contributed by atoms with Gasteiger partial charge >= 0.3 is 0 Å². The highest BCUT2D eigenvalue weighted by molar-refractivity contribution is 6.08. The molecule has 0 fully saturated rings. The first kappa shape index (κ1) is 21.0. The van der Waals surface area contributed by atoms with Crippen molar-refractivity contribution in [3.63, 3.8) is 0 Å².